The largest absolute Gasteiger partial charge is 0.306 e. The van der Waals surface area contributed by atoms with E-state index in [4.69, 9.17) is 9.97 Å². The molecule has 0 bridgehead atoms. The Morgan fingerprint density at radius 1 is 0.449 bits per heavy atom. The first-order valence-electron chi connectivity index (χ1n) is 16.5. The maximum absolute atomic E-state index is 5.59. The van der Waals surface area contributed by atoms with E-state index in [1.807, 2.05) is 11.3 Å². The molecule has 11 rings (SSSR count). The van der Waals surface area contributed by atoms with Crippen LogP contribution in [0.4, 0.5) is 0 Å². The van der Waals surface area contributed by atoms with Crippen molar-refractivity contribution >= 4 is 86.0 Å². The van der Waals surface area contributed by atoms with Crippen molar-refractivity contribution in [3.8, 4) is 22.9 Å². The Morgan fingerprint density at radius 3 is 2.02 bits per heavy atom. The van der Waals surface area contributed by atoms with Crippen molar-refractivity contribution in [1.82, 2.24) is 19.1 Å². The summed E-state index contributed by atoms with van der Waals surface area (Å²) >= 11 is 1.84. The first-order chi connectivity index (χ1) is 24.3. The fourth-order valence-corrected chi connectivity index (χ4v) is 8.91. The van der Waals surface area contributed by atoms with Crippen LogP contribution in [0.25, 0.3) is 97.6 Å². The number of hydrogen-bond donors (Lipinski definition) is 0. The van der Waals surface area contributed by atoms with Crippen LogP contribution in [-0.4, -0.2) is 19.1 Å². The molecule has 0 fully saturated rings. The van der Waals surface area contributed by atoms with Gasteiger partial charge in [0.15, 0.2) is 0 Å². The molecule has 4 aromatic heterocycles. The number of para-hydroxylation sites is 2. The second-order valence-corrected chi connectivity index (χ2v) is 13.7. The highest BCUT2D eigenvalue weighted by Gasteiger charge is 2.24. The number of nitrogens with zero attached hydrogens (tertiary/aromatic N) is 4. The number of rotatable bonds is 3. The fourth-order valence-electron chi connectivity index (χ4n) is 7.79. The molecule has 11 aromatic rings. The lowest BCUT2D eigenvalue weighted by Crippen LogP contribution is -2.04. The summed E-state index contributed by atoms with van der Waals surface area (Å²) in [5, 5.41) is 8.47. The van der Waals surface area contributed by atoms with E-state index in [9.17, 15) is 0 Å². The van der Waals surface area contributed by atoms with Crippen molar-refractivity contribution in [2.75, 3.05) is 0 Å². The summed E-state index contributed by atoms with van der Waals surface area (Å²) in [4.78, 5) is 11.1. The molecule has 0 unspecified atom stereocenters. The fraction of sp³-hybridized carbons (Fsp3) is 0. The highest BCUT2D eigenvalue weighted by molar-refractivity contribution is 7.25. The molecule has 0 saturated carbocycles. The van der Waals surface area contributed by atoms with Crippen molar-refractivity contribution in [1.29, 1.82) is 0 Å². The van der Waals surface area contributed by atoms with Crippen LogP contribution >= 0.6 is 11.3 Å². The van der Waals surface area contributed by atoms with Gasteiger partial charge in [-0.15, -0.1) is 11.3 Å². The highest BCUT2D eigenvalue weighted by atomic mass is 32.1. The zero-order valence-electron chi connectivity index (χ0n) is 26.2. The van der Waals surface area contributed by atoms with Crippen molar-refractivity contribution in [2.24, 2.45) is 0 Å². The first-order valence-corrected chi connectivity index (χ1v) is 17.3. The van der Waals surface area contributed by atoms with Gasteiger partial charge in [-0.3, -0.25) is 4.57 Å². The van der Waals surface area contributed by atoms with Gasteiger partial charge >= 0.3 is 0 Å². The van der Waals surface area contributed by atoms with E-state index in [1.165, 1.54) is 41.7 Å². The summed E-state index contributed by atoms with van der Waals surface area (Å²) in [5.41, 5.74) is 8.28. The van der Waals surface area contributed by atoms with Crippen LogP contribution in [0.15, 0.2) is 158 Å². The Morgan fingerprint density at radius 2 is 1.16 bits per heavy atom. The second-order valence-electron chi connectivity index (χ2n) is 12.6. The Balaban J connectivity index is 1.34. The van der Waals surface area contributed by atoms with Crippen molar-refractivity contribution in [2.45, 2.75) is 0 Å². The van der Waals surface area contributed by atoms with Gasteiger partial charge in [-0.2, -0.15) is 0 Å². The predicted octanol–water partition coefficient (Wildman–Crippen LogP) is 11.9. The summed E-state index contributed by atoms with van der Waals surface area (Å²) in [6, 6.07) is 56.3. The van der Waals surface area contributed by atoms with E-state index in [1.54, 1.807) is 0 Å². The molecule has 0 spiro atoms. The summed E-state index contributed by atoms with van der Waals surface area (Å²) in [7, 11) is 0. The highest BCUT2D eigenvalue weighted by Crippen LogP contribution is 2.43. The molecule has 4 nitrogen and oxygen atoms in total. The summed E-state index contributed by atoms with van der Waals surface area (Å²) < 4.78 is 7.17. The topological polar surface area (TPSA) is 35.6 Å². The lowest BCUT2D eigenvalue weighted by molar-refractivity contribution is 1.01. The molecule has 0 amide bonds. The average Bonchev–Trinajstić information content (AvgIpc) is 3.81. The zero-order valence-corrected chi connectivity index (χ0v) is 27.0. The van der Waals surface area contributed by atoms with Gasteiger partial charge in [0.05, 0.1) is 22.1 Å². The molecular formula is C44H26N4S. The Hall–Kier alpha value is -6.30. The third-order valence-electron chi connectivity index (χ3n) is 9.91. The minimum absolute atomic E-state index is 0.665. The minimum atomic E-state index is 0.665. The minimum Gasteiger partial charge on any atom is -0.306 e. The quantitative estimate of drug-likeness (QED) is 0.192. The maximum Gasteiger partial charge on any atom is 0.235 e. The number of aromatic nitrogens is 4. The van der Waals surface area contributed by atoms with Crippen molar-refractivity contribution < 1.29 is 0 Å². The number of thiophene rings is 1. The van der Waals surface area contributed by atoms with Crippen molar-refractivity contribution in [3.05, 3.63) is 158 Å². The normalized spacial score (nSPS) is 12.1. The molecule has 7 aromatic carbocycles. The van der Waals surface area contributed by atoms with E-state index in [0.29, 0.717) is 5.95 Å². The Kier molecular flexibility index (Phi) is 5.51. The number of fused-ring (bicyclic) bond motifs is 11. The molecule has 4 heterocycles. The van der Waals surface area contributed by atoms with Gasteiger partial charge in [0.1, 0.15) is 11.2 Å². The SMILES string of the molecule is c1ccc(-c2nc(-n3c4ccccc4c4cc5c(cc43)sc3ccccc35)nc3c4c5ccccc5ccc4n(-c4ccccc4)c23)cc1. The summed E-state index contributed by atoms with van der Waals surface area (Å²) in [6.07, 6.45) is 0. The molecule has 0 aliphatic carbocycles. The van der Waals surface area contributed by atoms with Crippen LogP contribution in [0.2, 0.25) is 0 Å². The molecule has 5 heteroatoms. The Labute approximate surface area is 284 Å². The molecular weight excluding hydrogens is 617 g/mol. The molecule has 228 valence electrons. The van der Waals surface area contributed by atoms with E-state index in [2.05, 4.69) is 167 Å². The van der Waals surface area contributed by atoms with Crippen molar-refractivity contribution in [3.63, 3.8) is 0 Å². The smallest absolute Gasteiger partial charge is 0.235 e. The van der Waals surface area contributed by atoms with Gasteiger partial charge in [-0.05, 0) is 53.2 Å². The summed E-state index contributed by atoms with van der Waals surface area (Å²) in [5.74, 6) is 0.665. The lowest BCUT2D eigenvalue weighted by atomic mass is 10.1. The van der Waals surface area contributed by atoms with Gasteiger partial charge in [0.25, 0.3) is 0 Å². The van der Waals surface area contributed by atoms with E-state index in [0.717, 1.165) is 49.9 Å². The number of hydrogen-bond acceptors (Lipinski definition) is 3. The number of benzene rings is 7. The van der Waals surface area contributed by atoms with Crippen LogP contribution < -0.4 is 0 Å². The van der Waals surface area contributed by atoms with Gasteiger partial charge < -0.3 is 4.57 Å². The zero-order chi connectivity index (χ0) is 32.1. The molecule has 49 heavy (non-hydrogen) atoms. The molecule has 0 N–H and O–H groups in total. The molecule has 0 saturated heterocycles. The molecule has 0 radical (unpaired) electrons. The molecule has 0 atom stereocenters. The van der Waals surface area contributed by atoms with Gasteiger partial charge in [0.2, 0.25) is 5.95 Å². The van der Waals surface area contributed by atoms with E-state index < -0.39 is 0 Å². The third-order valence-corrected chi connectivity index (χ3v) is 11.0. The van der Waals surface area contributed by atoms with Crippen LogP contribution in [-0.2, 0) is 0 Å². The van der Waals surface area contributed by atoms with E-state index in [-0.39, 0.29) is 0 Å². The molecule has 0 aliphatic rings. The second kappa shape index (κ2) is 10.1. The summed E-state index contributed by atoms with van der Waals surface area (Å²) in [6.45, 7) is 0. The Bertz CT molecular complexity index is 3100. The van der Waals surface area contributed by atoms with Crippen LogP contribution in [0.1, 0.15) is 0 Å². The molecule has 0 aliphatic heterocycles. The average molecular weight is 643 g/mol. The van der Waals surface area contributed by atoms with Gasteiger partial charge in [0, 0.05) is 47.6 Å². The lowest BCUT2D eigenvalue weighted by Gasteiger charge is -2.13. The van der Waals surface area contributed by atoms with E-state index >= 15 is 0 Å². The predicted molar refractivity (Wildman–Crippen MR) is 207 cm³/mol. The van der Waals surface area contributed by atoms with Crippen LogP contribution in [0.5, 0.6) is 0 Å². The third kappa shape index (κ3) is 3.79. The maximum atomic E-state index is 5.59. The monoisotopic (exact) mass is 642 g/mol. The van der Waals surface area contributed by atoms with Gasteiger partial charge in [-0.25, -0.2) is 9.97 Å². The van der Waals surface area contributed by atoms with Crippen LogP contribution in [0, 0.1) is 0 Å². The first kappa shape index (κ1) is 26.7. The van der Waals surface area contributed by atoms with Crippen LogP contribution in [0.3, 0.4) is 0 Å². The van der Waals surface area contributed by atoms with Gasteiger partial charge in [-0.1, -0.05) is 115 Å². The standard InChI is InChI=1S/C44H26N4S/c1-3-14-28(15-4-1)41-43-42(40-30-18-8-7-13-27(30)23-24-36(40)47(43)29-16-5-2-6-17-29)46-44(45-41)48-35-21-11-9-19-31(35)33-25-34-32-20-10-12-22-38(32)49-39(34)26-37(33)48/h1-26H.